The first-order valence-electron chi connectivity index (χ1n) is 5.43. The van der Waals surface area contributed by atoms with Gasteiger partial charge < -0.3 is 10.2 Å². The minimum atomic E-state index is 0.230. The predicted octanol–water partition coefficient (Wildman–Crippen LogP) is 2.22. The topological polar surface area (TPSA) is 39.2 Å². The van der Waals surface area contributed by atoms with Crippen LogP contribution in [0.4, 0.5) is 0 Å². The molecule has 1 aromatic heterocycles. The lowest BCUT2D eigenvalue weighted by Gasteiger charge is -2.24. The summed E-state index contributed by atoms with van der Waals surface area (Å²) in [5.41, 5.74) is 8.12. The average molecular weight is 191 g/mol. The van der Waals surface area contributed by atoms with E-state index in [9.17, 15) is 0 Å². The highest BCUT2D eigenvalue weighted by molar-refractivity contribution is 5.46. The maximum absolute atomic E-state index is 6.24. The van der Waals surface area contributed by atoms with Gasteiger partial charge in [-0.05, 0) is 24.3 Å². The van der Waals surface area contributed by atoms with Crippen molar-refractivity contribution in [2.45, 2.75) is 44.6 Å². The lowest BCUT2D eigenvalue weighted by Crippen LogP contribution is -2.23. The van der Waals surface area contributed by atoms with E-state index in [-0.39, 0.29) is 10.8 Å². The van der Waals surface area contributed by atoms with E-state index >= 15 is 0 Å². The van der Waals surface area contributed by atoms with Crippen molar-refractivity contribution < 1.29 is 4.42 Å². The molecule has 2 atom stereocenters. The molecule has 1 aromatic rings. The zero-order valence-electron chi connectivity index (χ0n) is 8.84. The van der Waals surface area contributed by atoms with E-state index in [1.54, 1.807) is 0 Å². The van der Waals surface area contributed by atoms with Crippen LogP contribution in [0.15, 0.2) is 16.7 Å². The van der Waals surface area contributed by atoms with Gasteiger partial charge in [-0.25, -0.2) is 0 Å². The molecule has 0 radical (unpaired) electrons. The predicted molar refractivity (Wildman–Crippen MR) is 55.1 cm³/mol. The molecule has 2 aliphatic rings. The third kappa shape index (κ3) is 0.693. The quantitative estimate of drug-likeness (QED) is 0.683. The fraction of sp³-hybridized carbons (Fsp3) is 0.667. The van der Waals surface area contributed by atoms with Gasteiger partial charge in [-0.15, -0.1) is 0 Å². The van der Waals surface area contributed by atoms with E-state index in [0.717, 1.165) is 6.42 Å². The van der Waals surface area contributed by atoms with Crippen LogP contribution in [0.1, 0.15) is 38.0 Å². The van der Waals surface area contributed by atoms with Crippen molar-refractivity contribution >= 4 is 0 Å². The normalized spacial score (nSPS) is 38.4. The Morgan fingerprint density at radius 3 is 2.86 bits per heavy atom. The Balaban J connectivity index is 2.15. The van der Waals surface area contributed by atoms with Crippen molar-refractivity contribution in [3.05, 3.63) is 23.7 Å². The molecule has 1 saturated carbocycles. The van der Waals surface area contributed by atoms with Crippen LogP contribution in [0.5, 0.6) is 0 Å². The van der Waals surface area contributed by atoms with Gasteiger partial charge in [-0.3, -0.25) is 0 Å². The molecule has 0 aromatic carbocycles. The van der Waals surface area contributed by atoms with E-state index in [0.29, 0.717) is 6.04 Å². The highest BCUT2D eigenvalue weighted by atomic mass is 16.3. The largest absolute Gasteiger partial charge is 0.469 e. The average Bonchev–Trinajstić information content (AvgIpc) is 2.62. The zero-order valence-corrected chi connectivity index (χ0v) is 8.84. The van der Waals surface area contributed by atoms with Crippen molar-refractivity contribution in [1.82, 2.24) is 0 Å². The van der Waals surface area contributed by atoms with Gasteiger partial charge in [0.25, 0.3) is 0 Å². The fourth-order valence-electron chi connectivity index (χ4n) is 3.48. The molecule has 2 aliphatic carbocycles. The van der Waals surface area contributed by atoms with Crippen LogP contribution < -0.4 is 5.73 Å². The first-order chi connectivity index (χ1) is 6.61. The van der Waals surface area contributed by atoms with Crippen molar-refractivity contribution in [3.8, 4) is 0 Å². The Kier molecular flexibility index (Phi) is 1.37. The maximum atomic E-state index is 6.24. The van der Waals surface area contributed by atoms with Crippen LogP contribution in [0.3, 0.4) is 0 Å². The van der Waals surface area contributed by atoms with Crippen LogP contribution in [0.2, 0.25) is 0 Å². The van der Waals surface area contributed by atoms with E-state index in [2.05, 4.69) is 19.9 Å². The Morgan fingerprint density at radius 2 is 2.21 bits per heavy atom. The molecular formula is C12H17NO. The molecule has 0 aliphatic heterocycles. The number of fused-ring (bicyclic) bond motifs is 2. The van der Waals surface area contributed by atoms with Gasteiger partial charge in [0.1, 0.15) is 5.76 Å². The molecule has 2 heteroatoms. The monoisotopic (exact) mass is 191 g/mol. The van der Waals surface area contributed by atoms with Crippen LogP contribution in [0, 0.1) is 5.41 Å². The van der Waals surface area contributed by atoms with E-state index in [1.807, 2.05) is 6.26 Å². The molecule has 14 heavy (non-hydrogen) atoms. The summed E-state index contributed by atoms with van der Waals surface area (Å²) in [5.74, 6) is 1.18. The van der Waals surface area contributed by atoms with Gasteiger partial charge in [0.15, 0.2) is 0 Å². The SMILES string of the molecule is CC1(C)C(N)C12CCCc1occc12. The van der Waals surface area contributed by atoms with Gasteiger partial charge in [-0.2, -0.15) is 0 Å². The van der Waals surface area contributed by atoms with Crippen LogP contribution in [0.25, 0.3) is 0 Å². The molecule has 0 bridgehead atoms. The molecule has 1 heterocycles. The summed E-state index contributed by atoms with van der Waals surface area (Å²) in [6, 6.07) is 2.44. The van der Waals surface area contributed by atoms with Crippen molar-refractivity contribution in [2.24, 2.45) is 11.1 Å². The molecule has 1 fully saturated rings. The second-order valence-electron chi connectivity index (χ2n) is 5.28. The standard InChI is InChI=1S/C12H17NO/c1-11(2)10(13)12(11)6-3-4-9-8(12)5-7-14-9/h5,7,10H,3-4,6,13H2,1-2H3. The fourth-order valence-corrected chi connectivity index (χ4v) is 3.48. The van der Waals surface area contributed by atoms with E-state index < -0.39 is 0 Å². The van der Waals surface area contributed by atoms with Gasteiger partial charge in [0, 0.05) is 23.4 Å². The van der Waals surface area contributed by atoms with Crippen molar-refractivity contribution in [1.29, 1.82) is 0 Å². The zero-order chi connectivity index (χ0) is 9.97. The van der Waals surface area contributed by atoms with Gasteiger partial charge >= 0.3 is 0 Å². The molecule has 2 unspecified atom stereocenters. The highest BCUT2D eigenvalue weighted by Crippen LogP contribution is 2.67. The van der Waals surface area contributed by atoms with E-state index in [1.165, 1.54) is 24.2 Å². The summed E-state index contributed by atoms with van der Waals surface area (Å²) in [5, 5.41) is 0. The van der Waals surface area contributed by atoms with Gasteiger partial charge in [0.05, 0.1) is 6.26 Å². The third-order valence-electron chi connectivity index (χ3n) is 4.58. The summed E-state index contributed by atoms with van der Waals surface area (Å²) >= 11 is 0. The van der Waals surface area contributed by atoms with Crippen LogP contribution in [-0.4, -0.2) is 6.04 Å². The second kappa shape index (κ2) is 2.25. The Labute approximate surface area is 84.5 Å². The number of hydrogen-bond donors (Lipinski definition) is 1. The molecule has 76 valence electrons. The molecule has 1 spiro atoms. The lowest BCUT2D eigenvalue weighted by atomic mass is 9.79. The summed E-state index contributed by atoms with van der Waals surface area (Å²) in [6.07, 6.45) is 5.36. The smallest absolute Gasteiger partial charge is 0.107 e. The minimum Gasteiger partial charge on any atom is -0.469 e. The maximum Gasteiger partial charge on any atom is 0.107 e. The summed E-state index contributed by atoms with van der Waals surface area (Å²) in [7, 11) is 0. The molecule has 0 saturated heterocycles. The molecular weight excluding hydrogens is 174 g/mol. The number of rotatable bonds is 0. The summed E-state index contributed by atoms with van der Waals surface area (Å²) in [6.45, 7) is 4.56. The molecule has 0 amide bonds. The number of aryl methyl sites for hydroxylation is 1. The van der Waals surface area contributed by atoms with Crippen LogP contribution >= 0.6 is 0 Å². The minimum absolute atomic E-state index is 0.230. The number of hydrogen-bond acceptors (Lipinski definition) is 2. The van der Waals surface area contributed by atoms with Crippen molar-refractivity contribution in [2.75, 3.05) is 0 Å². The Morgan fingerprint density at radius 1 is 1.50 bits per heavy atom. The van der Waals surface area contributed by atoms with E-state index in [4.69, 9.17) is 10.2 Å². The first-order valence-corrected chi connectivity index (χ1v) is 5.43. The highest BCUT2D eigenvalue weighted by Gasteiger charge is 2.71. The molecule has 2 nitrogen and oxygen atoms in total. The number of nitrogens with two attached hydrogens (primary N) is 1. The summed E-state index contributed by atoms with van der Waals surface area (Å²) in [4.78, 5) is 0. The Hall–Kier alpha value is -0.760. The molecule has 3 rings (SSSR count). The Bertz CT molecular complexity index is 379. The molecule has 2 N–H and O–H groups in total. The third-order valence-corrected chi connectivity index (χ3v) is 4.58. The summed E-state index contributed by atoms with van der Waals surface area (Å²) < 4.78 is 5.52. The second-order valence-corrected chi connectivity index (χ2v) is 5.28. The first kappa shape index (κ1) is 8.54. The van der Waals surface area contributed by atoms with Gasteiger partial charge in [-0.1, -0.05) is 13.8 Å². The lowest BCUT2D eigenvalue weighted by molar-refractivity contribution is 0.393. The van der Waals surface area contributed by atoms with Crippen LogP contribution in [-0.2, 0) is 11.8 Å². The number of furan rings is 1. The van der Waals surface area contributed by atoms with Gasteiger partial charge in [0.2, 0.25) is 0 Å². The van der Waals surface area contributed by atoms with Crippen molar-refractivity contribution in [3.63, 3.8) is 0 Å².